The first kappa shape index (κ1) is 21.2. The zero-order chi connectivity index (χ0) is 22.0. The summed E-state index contributed by atoms with van der Waals surface area (Å²) in [6.45, 7) is 2.37. The average molecular weight is 461 g/mol. The van der Waals surface area contributed by atoms with Crippen LogP contribution in [0.3, 0.4) is 0 Å². The Labute approximate surface area is 188 Å². The monoisotopic (exact) mass is 460 g/mol. The molecule has 0 unspecified atom stereocenters. The lowest BCUT2D eigenvalue weighted by Gasteiger charge is -2.18. The zero-order valence-corrected chi connectivity index (χ0v) is 18.1. The van der Waals surface area contributed by atoms with Gasteiger partial charge in [0.05, 0.1) is 12.2 Å². The van der Waals surface area contributed by atoms with Crippen molar-refractivity contribution >= 4 is 35.0 Å². The van der Waals surface area contributed by atoms with Crippen LogP contribution < -0.4 is 9.47 Å². The van der Waals surface area contributed by atoms with Crippen LogP contribution in [0.25, 0.3) is 0 Å². The molecule has 160 valence electrons. The molecule has 4 rings (SSSR count). The largest absolute Gasteiger partial charge is 0.486 e. The molecule has 0 atom stereocenters. The van der Waals surface area contributed by atoms with Gasteiger partial charge in [-0.25, -0.2) is 9.48 Å². The average Bonchev–Trinajstić information content (AvgIpc) is 3.06. The van der Waals surface area contributed by atoms with Crippen LogP contribution in [0, 0.1) is 6.92 Å². The highest BCUT2D eigenvalue weighted by Gasteiger charge is 2.23. The molecule has 0 bridgehead atoms. The summed E-state index contributed by atoms with van der Waals surface area (Å²) in [6, 6.07) is 12.1. The van der Waals surface area contributed by atoms with Gasteiger partial charge in [-0.15, -0.1) is 0 Å². The number of aromatic nitrogens is 2. The van der Waals surface area contributed by atoms with Crippen molar-refractivity contribution in [1.29, 1.82) is 0 Å². The summed E-state index contributed by atoms with van der Waals surface area (Å²) in [4.78, 5) is 25.1. The van der Waals surface area contributed by atoms with E-state index in [0.29, 0.717) is 47.5 Å². The minimum absolute atomic E-state index is 0.115. The van der Waals surface area contributed by atoms with Gasteiger partial charge in [-0.2, -0.15) is 5.10 Å². The standard InChI is InChI=1S/C22H18Cl2N2O5/c1-13-20(21(24)26(25-13)11-15-4-2-3-5-16(15)23)22(28)31-12-17(27)14-6-7-18-19(10-14)30-9-8-29-18/h2-7,10H,8-9,11-12H2,1H3. The normalized spacial score (nSPS) is 12.5. The Morgan fingerprint density at radius 3 is 2.61 bits per heavy atom. The SMILES string of the molecule is Cc1nn(Cc2ccccc2Cl)c(Cl)c1C(=O)OCC(=O)c1ccc2c(c1)OCCO2. The van der Waals surface area contributed by atoms with Gasteiger partial charge in [0.2, 0.25) is 0 Å². The Bertz CT molecular complexity index is 1160. The predicted molar refractivity (Wildman–Crippen MR) is 115 cm³/mol. The Morgan fingerprint density at radius 2 is 1.84 bits per heavy atom. The van der Waals surface area contributed by atoms with Crippen molar-refractivity contribution in [2.45, 2.75) is 13.5 Å². The van der Waals surface area contributed by atoms with Crippen LogP contribution in [0.4, 0.5) is 0 Å². The molecule has 0 amide bonds. The third-order valence-electron chi connectivity index (χ3n) is 4.75. The summed E-state index contributed by atoms with van der Waals surface area (Å²) in [5.74, 6) is -0.0299. The van der Waals surface area contributed by atoms with Crippen molar-refractivity contribution in [1.82, 2.24) is 9.78 Å². The van der Waals surface area contributed by atoms with Crippen LogP contribution in [-0.2, 0) is 11.3 Å². The summed E-state index contributed by atoms with van der Waals surface area (Å²) < 4.78 is 17.6. The maximum Gasteiger partial charge on any atom is 0.343 e. The van der Waals surface area contributed by atoms with Crippen LogP contribution in [-0.4, -0.2) is 41.4 Å². The lowest BCUT2D eigenvalue weighted by atomic mass is 10.1. The molecule has 2 aromatic carbocycles. The van der Waals surface area contributed by atoms with E-state index in [1.165, 1.54) is 4.68 Å². The van der Waals surface area contributed by atoms with Gasteiger partial charge in [-0.1, -0.05) is 41.4 Å². The van der Waals surface area contributed by atoms with Crippen molar-refractivity contribution in [2.24, 2.45) is 0 Å². The number of Topliss-reactive ketones (excluding diaryl/α,β-unsaturated/α-hetero) is 1. The van der Waals surface area contributed by atoms with E-state index in [1.807, 2.05) is 18.2 Å². The quantitative estimate of drug-likeness (QED) is 0.401. The Morgan fingerprint density at radius 1 is 1.10 bits per heavy atom. The summed E-state index contributed by atoms with van der Waals surface area (Å²) in [6.07, 6.45) is 0. The molecule has 3 aromatic rings. The van der Waals surface area contributed by atoms with Crippen LogP contribution in [0.2, 0.25) is 10.2 Å². The minimum atomic E-state index is -0.723. The number of esters is 1. The Hall–Kier alpha value is -3.03. The second-order valence-electron chi connectivity index (χ2n) is 6.86. The summed E-state index contributed by atoms with van der Waals surface area (Å²) in [5, 5.41) is 5.00. The molecule has 7 nitrogen and oxygen atoms in total. The first-order chi connectivity index (χ1) is 14.9. The Balaban J connectivity index is 1.44. The maximum absolute atomic E-state index is 12.6. The molecule has 1 aromatic heterocycles. The molecule has 0 N–H and O–H groups in total. The van der Waals surface area contributed by atoms with Crippen LogP contribution >= 0.6 is 23.2 Å². The fourth-order valence-electron chi connectivity index (χ4n) is 3.18. The number of ether oxygens (including phenoxy) is 3. The zero-order valence-electron chi connectivity index (χ0n) is 16.6. The van der Waals surface area contributed by atoms with Gasteiger partial charge in [0.1, 0.15) is 23.9 Å². The second-order valence-corrected chi connectivity index (χ2v) is 7.62. The number of benzene rings is 2. The maximum atomic E-state index is 12.6. The molecule has 0 fully saturated rings. The highest BCUT2D eigenvalue weighted by Crippen LogP contribution is 2.31. The molecule has 31 heavy (non-hydrogen) atoms. The lowest BCUT2D eigenvalue weighted by Crippen LogP contribution is -2.17. The number of nitrogens with zero attached hydrogens (tertiary/aromatic N) is 2. The van der Waals surface area contributed by atoms with E-state index in [-0.39, 0.29) is 16.5 Å². The molecule has 9 heteroatoms. The summed E-state index contributed by atoms with van der Waals surface area (Å²) in [5.41, 5.74) is 1.68. The van der Waals surface area contributed by atoms with Gasteiger partial charge in [-0.05, 0) is 36.8 Å². The van der Waals surface area contributed by atoms with Crippen molar-refractivity contribution in [2.75, 3.05) is 19.8 Å². The smallest absolute Gasteiger partial charge is 0.343 e. The fraction of sp³-hybridized carbons (Fsp3) is 0.227. The highest BCUT2D eigenvalue weighted by molar-refractivity contribution is 6.33. The van der Waals surface area contributed by atoms with Gasteiger partial charge in [-0.3, -0.25) is 4.79 Å². The molecule has 0 saturated carbocycles. The number of halogens is 2. The molecule has 0 saturated heterocycles. The first-order valence-corrected chi connectivity index (χ1v) is 10.3. The van der Waals surface area contributed by atoms with Crippen molar-refractivity contribution in [3.05, 3.63) is 75.0 Å². The lowest BCUT2D eigenvalue weighted by molar-refractivity contribution is 0.0474. The second kappa shape index (κ2) is 8.99. The van der Waals surface area contributed by atoms with E-state index in [0.717, 1.165) is 5.56 Å². The van der Waals surface area contributed by atoms with Crippen LogP contribution in [0.1, 0.15) is 32.0 Å². The molecular formula is C22H18Cl2N2O5. The van der Waals surface area contributed by atoms with E-state index in [9.17, 15) is 9.59 Å². The van der Waals surface area contributed by atoms with Gasteiger partial charge in [0, 0.05) is 10.6 Å². The van der Waals surface area contributed by atoms with Gasteiger partial charge >= 0.3 is 5.97 Å². The van der Waals surface area contributed by atoms with Gasteiger partial charge in [0.25, 0.3) is 0 Å². The van der Waals surface area contributed by atoms with Crippen molar-refractivity contribution in [3.63, 3.8) is 0 Å². The first-order valence-electron chi connectivity index (χ1n) is 9.50. The number of carbonyl (C=O) groups excluding carboxylic acids is 2. The number of hydrogen-bond acceptors (Lipinski definition) is 6. The van der Waals surface area contributed by atoms with Crippen molar-refractivity contribution < 1.29 is 23.8 Å². The predicted octanol–water partition coefficient (Wildman–Crippen LogP) is 4.36. The number of hydrogen-bond donors (Lipinski definition) is 0. The molecule has 1 aliphatic rings. The highest BCUT2D eigenvalue weighted by atomic mass is 35.5. The van der Waals surface area contributed by atoms with E-state index in [2.05, 4.69) is 5.10 Å². The van der Waals surface area contributed by atoms with Crippen LogP contribution in [0.5, 0.6) is 11.5 Å². The number of fused-ring (bicyclic) bond motifs is 1. The molecule has 0 radical (unpaired) electrons. The number of carbonyl (C=O) groups is 2. The number of aryl methyl sites for hydroxylation is 1. The van der Waals surface area contributed by atoms with Gasteiger partial charge < -0.3 is 14.2 Å². The third-order valence-corrected chi connectivity index (χ3v) is 5.50. The van der Waals surface area contributed by atoms with E-state index in [4.69, 9.17) is 37.4 Å². The topological polar surface area (TPSA) is 79.7 Å². The number of ketones is 1. The van der Waals surface area contributed by atoms with Crippen LogP contribution in [0.15, 0.2) is 42.5 Å². The summed E-state index contributed by atoms with van der Waals surface area (Å²) in [7, 11) is 0. The third kappa shape index (κ3) is 4.52. The molecule has 0 aliphatic carbocycles. The minimum Gasteiger partial charge on any atom is -0.486 e. The van der Waals surface area contributed by atoms with E-state index >= 15 is 0 Å². The van der Waals surface area contributed by atoms with E-state index < -0.39 is 12.6 Å². The summed E-state index contributed by atoms with van der Waals surface area (Å²) >= 11 is 12.6. The molecule has 0 spiro atoms. The van der Waals surface area contributed by atoms with Crippen molar-refractivity contribution in [3.8, 4) is 11.5 Å². The fourth-order valence-corrected chi connectivity index (χ4v) is 3.69. The molecule has 2 heterocycles. The Kier molecular flexibility index (Phi) is 6.15. The van der Waals surface area contributed by atoms with E-state index in [1.54, 1.807) is 31.2 Å². The number of rotatable bonds is 6. The molecular weight excluding hydrogens is 443 g/mol. The van der Waals surface area contributed by atoms with Gasteiger partial charge in [0.15, 0.2) is 23.9 Å². The molecule has 1 aliphatic heterocycles.